The molecule has 0 aromatic heterocycles. The number of esters is 1. The Morgan fingerprint density at radius 2 is 1.79 bits per heavy atom. The topological polar surface area (TPSA) is 60.0 Å². The maximum atomic E-state index is 13.6. The number of fused-ring (bicyclic) bond motifs is 1. The molecule has 2 unspecified atom stereocenters. The highest BCUT2D eigenvalue weighted by Crippen LogP contribution is 2.46. The molecule has 0 radical (unpaired) electrons. The number of halogens is 4. The van der Waals surface area contributed by atoms with E-state index in [1.807, 2.05) is 36.1 Å². The van der Waals surface area contributed by atoms with Gasteiger partial charge in [-0.15, -0.1) is 0 Å². The van der Waals surface area contributed by atoms with Crippen molar-refractivity contribution in [3.05, 3.63) is 65.0 Å². The van der Waals surface area contributed by atoms with Gasteiger partial charge < -0.3 is 19.5 Å². The minimum atomic E-state index is -4.50. The number of ether oxygens (including phenoxy) is 3. The maximum Gasteiger partial charge on any atom is 0.416 e. The zero-order valence-corrected chi connectivity index (χ0v) is 21.6. The minimum Gasteiger partial charge on any atom is -0.492 e. The number of likely N-dealkylation sites (tertiary alicyclic amines) is 1. The Hall–Kier alpha value is -2.69. The fourth-order valence-corrected chi connectivity index (χ4v) is 5.23. The quantitative estimate of drug-likeness (QED) is 0.231. The van der Waals surface area contributed by atoms with Gasteiger partial charge >= 0.3 is 12.1 Å². The molecular formula is C28H34F4N2O4. The van der Waals surface area contributed by atoms with Crippen LogP contribution in [0.5, 0.6) is 5.75 Å². The van der Waals surface area contributed by atoms with Crippen molar-refractivity contribution in [2.45, 2.75) is 45.1 Å². The molecule has 0 spiro atoms. The van der Waals surface area contributed by atoms with Crippen LogP contribution in [0.15, 0.2) is 42.5 Å². The Labute approximate surface area is 220 Å². The number of alkyl halides is 3. The maximum absolute atomic E-state index is 13.6. The third-order valence-corrected chi connectivity index (χ3v) is 7.05. The third-order valence-electron chi connectivity index (χ3n) is 7.05. The molecule has 1 aliphatic carbocycles. The number of nitrogens with one attached hydrogen (secondary N) is 1. The van der Waals surface area contributed by atoms with Crippen LogP contribution in [0.25, 0.3) is 0 Å². The molecule has 208 valence electrons. The van der Waals surface area contributed by atoms with Crippen LogP contribution in [-0.4, -0.2) is 62.5 Å². The number of hydrogen-bond acceptors (Lipinski definition) is 6. The molecule has 2 aromatic rings. The zero-order valence-electron chi connectivity index (χ0n) is 21.6. The van der Waals surface area contributed by atoms with Crippen molar-refractivity contribution in [2.75, 3.05) is 39.5 Å². The third kappa shape index (κ3) is 7.24. The molecule has 1 saturated heterocycles. The largest absolute Gasteiger partial charge is 0.492 e. The summed E-state index contributed by atoms with van der Waals surface area (Å²) in [4.78, 5) is 14.0. The molecule has 1 N–H and O–H groups in total. The fourth-order valence-electron chi connectivity index (χ4n) is 5.23. The van der Waals surface area contributed by atoms with Crippen LogP contribution in [-0.2, 0) is 33.4 Å². The molecule has 6 nitrogen and oxygen atoms in total. The van der Waals surface area contributed by atoms with Crippen molar-refractivity contribution in [3.63, 3.8) is 0 Å². The molecular weight excluding hydrogens is 504 g/mol. The van der Waals surface area contributed by atoms with Gasteiger partial charge in [0.1, 0.15) is 18.2 Å². The van der Waals surface area contributed by atoms with Gasteiger partial charge in [-0.3, -0.25) is 4.90 Å². The molecule has 2 aromatic carbocycles. The van der Waals surface area contributed by atoms with Crippen molar-refractivity contribution in [1.82, 2.24) is 10.2 Å². The summed E-state index contributed by atoms with van der Waals surface area (Å²) in [6.07, 6.45) is -4.71. The number of carbonyl (C=O) groups is 1. The lowest BCUT2D eigenvalue weighted by Gasteiger charge is -2.22. The van der Waals surface area contributed by atoms with Gasteiger partial charge in [-0.05, 0) is 67.1 Å². The summed E-state index contributed by atoms with van der Waals surface area (Å²) in [5, 5.41) is 3.47. The van der Waals surface area contributed by atoms with E-state index in [-0.39, 0.29) is 18.1 Å². The average Bonchev–Trinajstić information content (AvgIpc) is 3.31. The van der Waals surface area contributed by atoms with E-state index >= 15 is 0 Å². The van der Waals surface area contributed by atoms with Crippen LogP contribution >= 0.6 is 0 Å². The Morgan fingerprint density at radius 3 is 2.42 bits per heavy atom. The van der Waals surface area contributed by atoms with E-state index in [9.17, 15) is 22.4 Å². The van der Waals surface area contributed by atoms with Crippen LogP contribution in [0.4, 0.5) is 17.6 Å². The number of benzene rings is 2. The van der Waals surface area contributed by atoms with E-state index in [0.717, 1.165) is 29.5 Å². The normalized spacial score (nSPS) is 21.7. The van der Waals surface area contributed by atoms with Gasteiger partial charge in [-0.1, -0.05) is 12.1 Å². The van der Waals surface area contributed by atoms with Gasteiger partial charge in [0.2, 0.25) is 0 Å². The molecule has 38 heavy (non-hydrogen) atoms. The standard InChI is InChI=1S/C28H34F4N2O4/c1-3-36-25(27(35)37-4-2)13-18-5-8-21(9-6-18)38-12-11-33-26-22-16-34(17-23(22)26)15-19-14-20(29)7-10-24(19)28(30,31)32/h5-10,14,22-23,25-26,33H,3-4,11-13,15-17H2,1-2H3/t22-,23?,25-,26?/m0/s1. The Morgan fingerprint density at radius 1 is 1.08 bits per heavy atom. The van der Waals surface area contributed by atoms with Crippen LogP contribution in [0, 0.1) is 17.7 Å². The molecule has 1 saturated carbocycles. The molecule has 1 aliphatic heterocycles. The zero-order chi connectivity index (χ0) is 27.3. The monoisotopic (exact) mass is 538 g/mol. The number of hydrogen-bond donors (Lipinski definition) is 1. The number of rotatable bonds is 13. The Kier molecular flexibility index (Phi) is 9.27. The number of nitrogens with zero attached hydrogens (tertiary/aromatic N) is 1. The first-order chi connectivity index (χ1) is 18.2. The number of piperidine rings is 1. The van der Waals surface area contributed by atoms with E-state index in [2.05, 4.69) is 5.32 Å². The molecule has 4 atom stereocenters. The van der Waals surface area contributed by atoms with Crippen molar-refractivity contribution < 1.29 is 36.6 Å². The fraction of sp³-hybridized carbons (Fsp3) is 0.536. The van der Waals surface area contributed by atoms with Crippen molar-refractivity contribution in [1.29, 1.82) is 0 Å². The smallest absolute Gasteiger partial charge is 0.416 e. The highest BCUT2D eigenvalue weighted by molar-refractivity contribution is 5.75. The van der Waals surface area contributed by atoms with Gasteiger partial charge in [-0.2, -0.15) is 13.2 Å². The minimum absolute atomic E-state index is 0.0166. The van der Waals surface area contributed by atoms with Crippen molar-refractivity contribution in [3.8, 4) is 5.75 Å². The summed E-state index contributed by atoms with van der Waals surface area (Å²) >= 11 is 0. The average molecular weight is 539 g/mol. The SMILES string of the molecule is CCOC(=O)[C@H](Cc1ccc(OCCNC2C3CN(Cc4cc(F)ccc4C(F)(F)F)C[C@@H]32)cc1)OCC. The van der Waals surface area contributed by atoms with Gasteiger partial charge in [0.05, 0.1) is 12.2 Å². The first-order valence-electron chi connectivity index (χ1n) is 13.0. The van der Waals surface area contributed by atoms with Crippen molar-refractivity contribution in [2.24, 2.45) is 11.8 Å². The van der Waals surface area contributed by atoms with Gasteiger partial charge in [0.15, 0.2) is 6.10 Å². The van der Waals surface area contributed by atoms with Gasteiger partial charge in [0, 0.05) is 45.2 Å². The summed E-state index contributed by atoms with van der Waals surface area (Å²) in [6, 6.07) is 10.5. The van der Waals surface area contributed by atoms with E-state index in [0.29, 0.717) is 63.8 Å². The predicted molar refractivity (Wildman–Crippen MR) is 133 cm³/mol. The Balaban J connectivity index is 1.16. The lowest BCUT2D eigenvalue weighted by Crippen LogP contribution is -2.33. The molecule has 10 heteroatoms. The second-order valence-corrected chi connectivity index (χ2v) is 9.69. The summed E-state index contributed by atoms with van der Waals surface area (Å²) in [6.45, 7) is 6.92. The van der Waals surface area contributed by atoms with E-state index in [1.54, 1.807) is 6.92 Å². The Bertz CT molecular complexity index is 1070. The molecule has 2 aliphatic rings. The lowest BCUT2D eigenvalue weighted by atomic mass is 10.1. The first-order valence-corrected chi connectivity index (χ1v) is 13.0. The van der Waals surface area contributed by atoms with Gasteiger partial charge in [-0.25, -0.2) is 9.18 Å². The summed E-state index contributed by atoms with van der Waals surface area (Å²) in [5.41, 5.74) is 0.155. The van der Waals surface area contributed by atoms with Crippen LogP contribution in [0.1, 0.15) is 30.5 Å². The molecule has 1 heterocycles. The predicted octanol–water partition coefficient (Wildman–Crippen LogP) is 4.45. The van der Waals surface area contributed by atoms with Crippen LogP contribution in [0.3, 0.4) is 0 Å². The summed E-state index contributed by atoms with van der Waals surface area (Å²) < 4.78 is 69.8. The van der Waals surface area contributed by atoms with Crippen molar-refractivity contribution >= 4 is 5.97 Å². The second-order valence-electron chi connectivity index (χ2n) is 9.69. The summed E-state index contributed by atoms with van der Waals surface area (Å²) in [5.74, 6) is 0.466. The van der Waals surface area contributed by atoms with Gasteiger partial charge in [0.25, 0.3) is 0 Å². The molecule has 2 fully saturated rings. The molecule has 0 bridgehead atoms. The highest BCUT2D eigenvalue weighted by Gasteiger charge is 2.55. The van der Waals surface area contributed by atoms with Crippen LogP contribution in [0.2, 0.25) is 0 Å². The van der Waals surface area contributed by atoms with E-state index in [1.165, 1.54) is 0 Å². The van der Waals surface area contributed by atoms with E-state index < -0.39 is 23.7 Å². The summed E-state index contributed by atoms with van der Waals surface area (Å²) in [7, 11) is 0. The van der Waals surface area contributed by atoms with E-state index in [4.69, 9.17) is 14.2 Å². The second kappa shape index (κ2) is 12.4. The molecule has 4 rings (SSSR count). The molecule has 0 amide bonds. The van der Waals surface area contributed by atoms with Crippen LogP contribution < -0.4 is 10.1 Å². The first kappa shape index (κ1) is 28.3. The highest BCUT2D eigenvalue weighted by atomic mass is 19.4. The number of carbonyl (C=O) groups excluding carboxylic acids is 1. The lowest BCUT2D eigenvalue weighted by molar-refractivity contribution is -0.156.